The zero-order valence-electron chi connectivity index (χ0n) is 10.7. The molecule has 0 bridgehead atoms. The van der Waals surface area contributed by atoms with Crippen molar-refractivity contribution in [3.8, 4) is 0 Å². The predicted octanol–water partition coefficient (Wildman–Crippen LogP) is 1.01. The fraction of sp³-hybridized carbons (Fsp3) is 0.917. The van der Waals surface area contributed by atoms with Crippen LogP contribution in [0.3, 0.4) is 0 Å². The number of amides is 1. The van der Waals surface area contributed by atoms with Crippen LogP contribution in [0.25, 0.3) is 0 Å². The Morgan fingerprint density at radius 1 is 1.50 bits per heavy atom. The third-order valence-electron chi connectivity index (χ3n) is 3.09. The molecule has 0 aromatic carbocycles. The molecule has 0 saturated carbocycles. The highest BCUT2D eigenvalue weighted by atomic mass is 16.5. The van der Waals surface area contributed by atoms with Gasteiger partial charge < -0.3 is 15.0 Å². The molecule has 4 nitrogen and oxygen atoms in total. The lowest BCUT2D eigenvalue weighted by Gasteiger charge is -2.29. The van der Waals surface area contributed by atoms with E-state index in [-0.39, 0.29) is 11.9 Å². The van der Waals surface area contributed by atoms with Crippen molar-refractivity contribution in [3.63, 3.8) is 0 Å². The van der Waals surface area contributed by atoms with Gasteiger partial charge in [-0.2, -0.15) is 0 Å². The Kier molecular flexibility index (Phi) is 5.77. The van der Waals surface area contributed by atoms with Crippen molar-refractivity contribution in [3.05, 3.63) is 0 Å². The smallest absolute Gasteiger partial charge is 0.239 e. The number of hydrogen-bond acceptors (Lipinski definition) is 3. The van der Waals surface area contributed by atoms with Gasteiger partial charge in [0.15, 0.2) is 0 Å². The van der Waals surface area contributed by atoms with Gasteiger partial charge in [0, 0.05) is 25.7 Å². The Morgan fingerprint density at radius 2 is 2.19 bits per heavy atom. The number of ether oxygens (including phenoxy) is 1. The summed E-state index contributed by atoms with van der Waals surface area (Å²) < 4.78 is 5.39. The average Bonchev–Trinajstić information content (AvgIpc) is 2.31. The molecule has 0 aliphatic carbocycles. The van der Waals surface area contributed by atoms with Crippen molar-refractivity contribution in [2.45, 2.75) is 45.7 Å². The summed E-state index contributed by atoms with van der Waals surface area (Å²) in [5, 5.41) is 3.35. The molecule has 16 heavy (non-hydrogen) atoms. The van der Waals surface area contributed by atoms with Gasteiger partial charge >= 0.3 is 0 Å². The standard InChI is InChI=1S/C12H24N2O2/c1-4-14(5-2)12(15)10(3)13-11-7-6-8-16-9-11/h10-11,13H,4-9H2,1-3H3. The number of carbonyl (C=O) groups is 1. The molecule has 2 unspecified atom stereocenters. The molecule has 1 aliphatic rings. The van der Waals surface area contributed by atoms with Gasteiger partial charge in [-0.3, -0.25) is 4.79 Å². The first kappa shape index (κ1) is 13.5. The van der Waals surface area contributed by atoms with Gasteiger partial charge in [0.25, 0.3) is 0 Å². The molecule has 1 rings (SSSR count). The first-order valence-electron chi connectivity index (χ1n) is 6.31. The van der Waals surface area contributed by atoms with Crippen LogP contribution in [-0.4, -0.2) is 49.2 Å². The maximum atomic E-state index is 12.0. The summed E-state index contributed by atoms with van der Waals surface area (Å²) in [7, 11) is 0. The first-order valence-corrected chi connectivity index (χ1v) is 6.31. The lowest BCUT2D eigenvalue weighted by Crippen LogP contribution is -2.50. The maximum absolute atomic E-state index is 12.0. The Hall–Kier alpha value is -0.610. The van der Waals surface area contributed by atoms with Crippen molar-refractivity contribution < 1.29 is 9.53 Å². The second kappa shape index (κ2) is 6.86. The zero-order valence-corrected chi connectivity index (χ0v) is 10.7. The van der Waals surface area contributed by atoms with E-state index in [0.717, 1.165) is 39.1 Å². The van der Waals surface area contributed by atoms with E-state index >= 15 is 0 Å². The second-order valence-electron chi connectivity index (χ2n) is 4.31. The van der Waals surface area contributed by atoms with Crippen LogP contribution in [0.1, 0.15) is 33.6 Å². The molecule has 1 amide bonds. The van der Waals surface area contributed by atoms with Crippen LogP contribution in [0.5, 0.6) is 0 Å². The van der Waals surface area contributed by atoms with E-state index in [0.29, 0.717) is 6.04 Å². The molecule has 1 N–H and O–H groups in total. The number of nitrogens with one attached hydrogen (secondary N) is 1. The van der Waals surface area contributed by atoms with Crippen molar-refractivity contribution in [2.75, 3.05) is 26.3 Å². The molecule has 0 aromatic heterocycles. The first-order chi connectivity index (χ1) is 7.69. The van der Waals surface area contributed by atoms with Crippen LogP contribution in [0.15, 0.2) is 0 Å². The van der Waals surface area contributed by atoms with E-state index in [1.807, 2.05) is 25.7 Å². The third-order valence-corrected chi connectivity index (χ3v) is 3.09. The molecule has 94 valence electrons. The highest BCUT2D eigenvalue weighted by molar-refractivity contribution is 5.81. The van der Waals surface area contributed by atoms with Gasteiger partial charge in [-0.15, -0.1) is 0 Å². The lowest BCUT2D eigenvalue weighted by atomic mass is 10.1. The third kappa shape index (κ3) is 3.76. The number of likely N-dealkylation sites (N-methyl/N-ethyl adjacent to an activating group) is 1. The molecule has 1 saturated heterocycles. The summed E-state index contributed by atoms with van der Waals surface area (Å²) in [6.45, 7) is 9.11. The summed E-state index contributed by atoms with van der Waals surface area (Å²) in [4.78, 5) is 13.9. The minimum Gasteiger partial charge on any atom is -0.380 e. The summed E-state index contributed by atoms with van der Waals surface area (Å²) in [6.07, 6.45) is 2.19. The van der Waals surface area contributed by atoms with Gasteiger partial charge in [-0.05, 0) is 33.6 Å². The summed E-state index contributed by atoms with van der Waals surface area (Å²) >= 11 is 0. The molecular weight excluding hydrogens is 204 g/mol. The Labute approximate surface area is 98.3 Å². The minimum absolute atomic E-state index is 0.105. The van der Waals surface area contributed by atoms with E-state index < -0.39 is 0 Å². The number of nitrogens with zero attached hydrogens (tertiary/aromatic N) is 1. The van der Waals surface area contributed by atoms with Gasteiger partial charge in [0.2, 0.25) is 5.91 Å². The summed E-state index contributed by atoms with van der Waals surface area (Å²) in [5.74, 6) is 0.190. The zero-order chi connectivity index (χ0) is 12.0. The van der Waals surface area contributed by atoms with E-state index in [1.165, 1.54) is 0 Å². The van der Waals surface area contributed by atoms with Gasteiger partial charge in [0.1, 0.15) is 0 Å². The maximum Gasteiger partial charge on any atom is 0.239 e. The van der Waals surface area contributed by atoms with Crippen LogP contribution in [0.4, 0.5) is 0 Å². The van der Waals surface area contributed by atoms with Crippen LogP contribution in [0.2, 0.25) is 0 Å². The second-order valence-corrected chi connectivity index (χ2v) is 4.31. The Balaban J connectivity index is 2.37. The summed E-state index contributed by atoms with van der Waals surface area (Å²) in [6, 6.07) is 0.231. The highest BCUT2D eigenvalue weighted by Gasteiger charge is 2.22. The van der Waals surface area contributed by atoms with E-state index in [2.05, 4.69) is 5.32 Å². The van der Waals surface area contributed by atoms with Crippen LogP contribution >= 0.6 is 0 Å². The SMILES string of the molecule is CCN(CC)C(=O)C(C)NC1CCCOC1. The Bertz CT molecular complexity index is 211. The van der Waals surface area contributed by atoms with Gasteiger partial charge in [0.05, 0.1) is 12.6 Å². The predicted molar refractivity (Wildman–Crippen MR) is 64.4 cm³/mol. The van der Waals surface area contributed by atoms with Gasteiger partial charge in [-0.1, -0.05) is 0 Å². The quantitative estimate of drug-likeness (QED) is 0.763. The van der Waals surface area contributed by atoms with Crippen LogP contribution in [0, 0.1) is 0 Å². The molecular formula is C12H24N2O2. The van der Waals surface area contributed by atoms with Crippen molar-refractivity contribution in [1.82, 2.24) is 10.2 Å². The minimum atomic E-state index is -0.105. The van der Waals surface area contributed by atoms with E-state index in [9.17, 15) is 4.79 Å². The lowest BCUT2D eigenvalue weighted by molar-refractivity contribution is -0.133. The van der Waals surface area contributed by atoms with Crippen molar-refractivity contribution in [1.29, 1.82) is 0 Å². The fourth-order valence-corrected chi connectivity index (χ4v) is 2.11. The van der Waals surface area contributed by atoms with Crippen molar-refractivity contribution >= 4 is 5.91 Å². The fourth-order valence-electron chi connectivity index (χ4n) is 2.11. The largest absolute Gasteiger partial charge is 0.380 e. The number of carbonyl (C=O) groups excluding carboxylic acids is 1. The highest BCUT2D eigenvalue weighted by Crippen LogP contribution is 2.07. The van der Waals surface area contributed by atoms with Crippen molar-refractivity contribution in [2.24, 2.45) is 0 Å². The Morgan fingerprint density at radius 3 is 2.69 bits per heavy atom. The molecule has 0 aromatic rings. The average molecular weight is 228 g/mol. The summed E-state index contributed by atoms with van der Waals surface area (Å²) in [5.41, 5.74) is 0. The molecule has 1 aliphatic heterocycles. The monoisotopic (exact) mass is 228 g/mol. The van der Waals surface area contributed by atoms with Crippen LogP contribution < -0.4 is 5.32 Å². The topological polar surface area (TPSA) is 41.6 Å². The molecule has 0 spiro atoms. The number of hydrogen-bond donors (Lipinski definition) is 1. The van der Waals surface area contributed by atoms with Gasteiger partial charge in [-0.25, -0.2) is 0 Å². The van der Waals surface area contributed by atoms with E-state index in [1.54, 1.807) is 0 Å². The molecule has 2 atom stereocenters. The number of rotatable bonds is 5. The molecule has 1 heterocycles. The molecule has 0 radical (unpaired) electrons. The van der Waals surface area contributed by atoms with E-state index in [4.69, 9.17) is 4.74 Å². The molecule has 4 heteroatoms. The van der Waals surface area contributed by atoms with Crippen LogP contribution in [-0.2, 0) is 9.53 Å². The normalized spacial score (nSPS) is 22.8. The molecule has 1 fully saturated rings.